The lowest BCUT2D eigenvalue weighted by Gasteiger charge is -2.18. The summed E-state index contributed by atoms with van der Waals surface area (Å²) in [6, 6.07) is 0. The Morgan fingerprint density at radius 1 is 1.14 bits per heavy atom. The zero-order valence-electron chi connectivity index (χ0n) is 8.74. The van der Waals surface area contributed by atoms with Crippen molar-refractivity contribution in [1.29, 1.82) is 0 Å². The number of rotatable bonds is 4. The average molecular weight is 221 g/mol. The first-order valence-corrected chi connectivity index (χ1v) is 6.96. The van der Waals surface area contributed by atoms with Gasteiger partial charge in [0.1, 0.15) is 0 Å². The van der Waals surface area contributed by atoms with E-state index in [1.54, 1.807) is 0 Å². The van der Waals surface area contributed by atoms with Crippen molar-refractivity contribution in [3.63, 3.8) is 0 Å². The maximum Gasteiger partial charge on any atom is 0.264 e. The van der Waals surface area contributed by atoms with E-state index in [2.05, 4.69) is 4.90 Å². The van der Waals surface area contributed by atoms with Crippen molar-refractivity contribution in [2.24, 2.45) is 0 Å². The van der Waals surface area contributed by atoms with E-state index in [1.807, 2.05) is 0 Å². The van der Waals surface area contributed by atoms with Crippen molar-refractivity contribution < 1.29 is 12.6 Å². The minimum Gasteiger partial charge on any atom is -0.301 e. The molecule has 0 bridgehead atoms. The molecule has 0 amide bonds. The van der Waals surface area contributed by atoms with Crippen LogP contribution in [-0.2, 0) is 14.3 Å². The highest BCUT2D eigenvalue weighted by atomic mass is 32.2. The van der Waals surface area contributed by atoms with E-state index in [1.165, 1.54) is 25.7 Å². The second kappa shape index (κ2) is 5.68. The summed E-state index contributed by atoms with van der Waals surface area (Å²) in [5.74, 6) is 0. The highest BCUT2D eigenvalue weighted by molar-refractivity contribution is 7.85. The quantitative estimate of drug-likeness (QED) is 0.660. The zero-order valence-corrected chi connectivity index (χ0v) is 9.55. The molecule has 0 aliphatic carbocycles. The molecule has 1 fully saturated rings. The van der Waals surface area contributed by atoms with Gasteiger partial charge in [0, 0.05) is 6.54 Å². The van der Waals surface area contributed by atoms with Gasteiger partial charge in [-0.25, -0.2) is 0 Å². The molecule has 1 aliphatic rings. The van der Waals surface area contributed by atoms with Crippen LogP contribution >= 0.6 is 0 Å². The maximum absolute atomic E-state index is 10.7. The van der Waals surface area contributed by atoms with E-state index in [9.17, 15) is 8.42 Å². The lowest BCUT2D eigenvalue weighted by molar-refractivity contribution is 0.218. The van der Waals surface area contributed by atoms with Crippen LogP contribution in [0.15, 0.2) is 0 Å². The van der Waals surface area contributed by atoms with Gasteiger partial charge in [-0.15, -0.1) is 0 Å². The Kier molecular flexibility index (Phi) is 4.84. The minimum atomic E-state index is -3.26. The van der Waals surface area contributed by atoms with Crippen LogP contribution < -0.4 is 0 Å². The van der Waals surface area contributed by atoms with Gasteiger partial charge in [-0.1, -0.05) is 12.8 Å². The van der Waals surface area contributed by atoms with Crippen LogP contribution in [0.3, 0.4) is 0 Å². The van der Waals surface area contributed by atoms with Crippen LogP contribution in [0.5, 0.6) is 0 Å². The summed E-state index contributed by atoms with van der Waals surface area (Å²) < 4.78 is 26.1. The first-order chi connectivity index (χ1) is 6.58. The Hall–Kier alpha value is -0.130. The van der Waals surface area contributed by atoms with Gasteiger partial charge in [0.2, 0.25) is 0 Å². The number of hydrogen-bond acceptors (Lipinski definition) is 4. The molecule has 4 nitrogen and oxygen atoms in total. The lowest BCUT2D eigenvalue weighted by atomic mass is 10.2. The second-order valence-electron chi connectivity index (χ2n) is 3.78. The molecule has 0 aromatic rings. The second-order valence-corrected chi connectivity index (χ2v) is 5.43. The van der Waals surface area contributed by atoms with Crippen LogP contribution in [0.1, 0.15) is 25.7 Å². The molecular formula is C9H19NO3S. The molecule has 0 unspecified atom stereocenters. The van der Waals surface area contributed by atoms with Gasteiger partial charge >= 0.3 is 0 Å². The van der Waals surface area contributed by atoms with Crippen LogP contribution in [0, 0.1) is 0 Å². The topological polar surface area (TPSA) is 46.6 Å². The molecule has 0 atom stereocenters. The number of likely N-dealkylation sites (tertiary alicyclic amines) is 1. The normalized spacial score (nSPS) is 20.6. The van der Waals surface area contributed by atoms with E-state index < -0.39 is 10.1 Å². The highest BCUT2D eigenvalue weighted by Gasteiger charge is 2.09. The molecule has 1 heterocycles. The van der Waals surface area contributed by atoms with Gasteiger partial charge in [0.15, 0.2) is 0 Å². The Morgan fingerprint density at radius 2 is 1.71 bits per heavy atom. The van der Waals surface area contributed by atoms with Crippen molar-refractivity contribution in [3.8, 4) is 0 Å². The van der Waals surface area contributed by atoms with Gasteiger partial charge in [0.25, 0.3) is 10.1 Å². The third-order valence-corrected chi connectivity index (χ3v) is 3.00. The predicted molar refractivity (Wildman–Crippen MR) is 55.7 cm³/mol. The van der Waals surface area contributed by atoms with E-state index in [0.717, 1.165) is 25.9 Å². The van der Waals surface area contributed by atoms with Gasteiger partial charge < -0.3 is 4.90 Å². The molecule has 0 aromatic heterocycles. The number of nitrogens with zero attached hydrogens (tertiary/aromatic N) is 1. The SMILES string of the molecule is CS(=O)(=O)OCCN1CCCCCC1. The molecule has 0 saturated carbocycles. The van der Waals surface area contributed by atoms with E-state index in [-0.39, 0.29) is 0 Å². The summed E-state index contributed by atoms with van der Waals surface area (Å²) >= 11 is 0. The molecule has 1 rings (SSSR count). The Morgan fingerprint density at radius 3 is 2.21 bits per heavy atom. The molecule has 5 heteroatoms. The molecule has 1 aliphatic heterocycles. The highest BCUT2D eigenvalue weighted by Crippen LogP contribution is 2.08. The summed E-state index contributed by atoms with van der Waals surface area (Å²) in [5, 5.41) is 0. The smallest absolute Gasteiger partial charge is 0.264 e. The Bertz CT molecular complexity index is 243. The zero-order chi connectivity index (χ0) is 10.4. The first-order valence-electron chi connectivity index (χ1n) is 5.15. The third kappa shape index (κ3) is 5.57. The van der Waals surface area contributed by atoms with Crippen molar-refractivity contribution in [3.05, 3.63) is 0 Å². The van der Waals surface area contributed by atoms with Crippen molar-refractivity contribution >= 4 is 10.1 Å². The first kappa shape index (κ1) is 11.9. The fraction of sp³-hybridized carbons (Fsp3) is 1.00. The standard InChI is InChI=1S/C9H19NO3S/c1-14(11,12)13-9-8-10-6-4-2-3-5-7-10/h2-9H2,1H3. The van der Waals surface area contributed by atoms with Gasteiger partial charge in [0.05, 0.1) is 12.9 Å². The summed E-state index contributed by atoms with van der Waals surface area (Å²) in [4.78, 5) is 2.28. The predicted octanol–water partition coefficient (Wildman–Crippen LogP) is 0.839. The van der Waals surface area contributed by atoms with Crippen molar-refractivity contribution in [1.82, 2.24) is 4.90 Å². The maximum atomic E-state index is 10.7. The molecule has 1 saturated heterocycles. The minimum absolute atomic E-state index is 0.291. The molecule has 0 spiro atoms. The van der Waals surface area contributed by atoms with Gasteiger partial charge in [-0.2, -0.15) is 8.42 Å². The Balaban J connectivity index is 2.16. The Labute approximate surface area is 86.4 Å². The average Bonchev–Trinajstić information content (AvgIpc) is 2.30. The fourth-order valence-electron chi connectivity index (χ4n) is 1.68. The van der Waals surface area contributed by atoms with E-state index >= 15 is 0 Å². The summed E-state index contributed by atoms with van der Waals surface area (Å²) in [6.45, 7) is 3.17. The molecule has 0 aromatic carbocycles. The molecule has 14 heavy (non-hydrogen) atoms. The molecule has 84 valence electrons. The van der Waals surface area contributed by atoms with Gasteiger partial charge in [-0.05, 0) is 25.9 Å². The van der Waals surface area contributed by atoms with Crippen LogP contribution in [0.2, 0.25) is 0 Å². The van der Waals surface area contributed by atoms with Crippen molar-refractivity contribution in [2.45, 2.75) is 25.7 Å². The van der Waals surface area contributed by atoms with Crippen molar-refractivity contribution in [2.75, 3.05) is 32.5 Å². The summed E-state index contributed by atoms with van der Waals surface area (Å²) in [5.41, 5.74) is 0. The lowest BCUT2D eigenvalue weighted by Crippen LogP contribution is -2.29. The van der Waals surface area contributed by atoms with Crippen LogP contribution in [0.25, 0.3) is 0 Å². The molecular weight excluding hydrogens is 202 g/mol. The molecule has 0 N–H and O–H groups in total. The van der Waals surface area contributed by atoms with E-state index in [0.29, 0.717) is 6.61 Å². The summed E-state index contributed by atoms with van der Waals surface area (Å²) in [7, 11) is -3.26. The van der Waals surface area contributed by atoms with Crippen LogP contribution in [-0.4, -0.2) is 45.8 Å². The summed E-state index contributed by atoms with van der Waals surface area (Å²) in [6.07, 6.45) is 6.13. The van der Waals surface area contributed by atoms with Crippen LogP contribution in [0.4, 0.5) is 0 Å². The molecule has 0 radical (unpaired) electrons. The largest absolute Gasteiger partial charge is 0.301 e. The number of hydrogen-bond donors (Lipinski definition) is 0. The fourth-order valence-corrected chi connectivity index (χ4v) is 2.05. The van der Waals surface area contributed by atoms with E-state index in [4.69, 9.17) is 4.18 Å². The monoisotopic (exact) mass is 221 g/mol. The third-order valence-electron chi connectivity index (χ3n) is 2.40. The van der Waals surface area contributed by atoms with Gasteiger partial charge in [-0.3, -0.25) is 4.18 Å².